The lowest BCUT2D eigenvalue weighted by Gasteiger charge is -2.22. The lowest BCUT2D eigenvalue weighted by Crippen LogP contribution is -2.42. The summed E-state index contributed by atoms with van der Waals surface area (Å²) in [4.78, 5) is 38.4. The van der Waals surface area contributed by atoms with Crippen LogP contribution in [0.4, 0.5) is 9.18 Å². The second-order valence-electron chi connectivity index (χ2n) is 6.31. The van der Waals surface area contributed by atoms with Gasteiger partial charge in [0.25, 0.3) is 5.91 Å². The van der Waals surface area contributed by atoms with Crippen molar-refractivity contribution in [1.29, 1.82) is 0 Å². The number of benzene rings is 2. The maximum Gasteiger partial charge on any atom is 0.325 e. The highest BCUT2D eigenvalue weighted by molar-refractivity contribution is 6.11. The van der Waals surface area contributed by atoms with Crippen LogP contribution >= 0.6 is 0 Å². The molecule has 6 nitrogen and oxygen atoms in total. The van der Waals surface area contributed by atoms with Gasteiger partial charge in [-0.3, -0.25) is 14.5 Å². The van der Waals surface area contributed by atoms with Gasteiger partial charge in [-0.25, -0.2) is 9.18 Å². The molecule has 1 saturated heterocycles. The SMILES string of the molecule is CCOc1ccc(C(=O)CN2C(=O)NC(C)(c3ccccc3F)C2=O)cc1. The second kappa shape index (κ2) is 7.19. The van der Waals surface area contributed by atoms with Gasteiger partial charge in [-0.1, -0.05) is 18.2 Å². The van der Waals surface area contributed by atoms with E-state index in [0.29, 0.717) is 17.9 Å². The van der Waals surface area contributed by atoms with Gasteiger partial charge in [-0.2, -0.15) is 0 Å². The van der Waals surface area contributed by atoms with Gasteiger partial charge in [-0.15, -0.1) is 0 Å². The molecule has 0 aliphatic carbocycles. The molecule has 27 heavy (non-hydrogen) atoms. The van der Waals surface area contributed by atoms with Crippen molar-refractivity contribution in [2.24, 2.45) is 0 Å². The Kier molecular flexibility index (Phi) is 4.94. The number of hydrogen-bond acceptors (Lipinski definition) is 4. The standard InChI is InChI=1S/C20H19FN2O4/c1-3-27-14-10-8-13(9-11-14)17(24)12-23-18(25)20(2,22-19(23)26)15-6-4-5-7-16(15)21/h4-11H,3,12H2,1-2H3,(H,22,26). The molecule has 0 aromatic heterocycles. The molecule has 0 bridgehead atoms. The van der Waals surface area contributed by atoms with Gasteiger partial charge in [0.05, 0.1) is 13.2 Å². The molecule has 1 atom stereocenters. The summed E-state index contributed by atoms with van der Waals surface area (Å²) in [5, 5.41) is 2.50. The van der Waals surface area contributed by atoms with Crippen molar-refractivity contribution in [3.63, 3.8) is 0 Å². The fourth-order valence-electron chi connectivity index (χ4n) is 3.03. The average Bonchev–Trinajstić information content (AvgIpc) is 2.87. The van der Waals surface area contributed by atoms with Crippen molar-refractivity contribution in [3.8, 4) is 5.75 Å². The Morgan fingerprint density at radius 2 is 1.81 bits per heavy atom. The molecule has 1 N–H and O–H groups in total. The summed E-state index contributed by atoms with van der Waals surface area (Å²) in [5.74, 6) is -1.05. The molecular weight excluding hydrogens is 351 g/mol. The quantitative estimate of drug-likeness (QED) is 0.627. The summed E-state index contributed by atoms with van der Waals surface area (Å²) in [6, 6.07) is 11.4. The number of nitrogens with zero attached hydrogens (tertiary/aromatic N) is 1. The van der Waals surface area contributed by atoms with Crippen molar-refractivity contribution in [2.75, 3.05) is 13.2 Å². The maximum absolute atomic E-state index is 14.1. The van der Waals surface area contributed by atoms with Crippen LogP contribution in [0.3, 0.4) is 0 Å². The molecule has 2 aromatic rings. The summed E-state index contributed by atoms with van der Waals surface area (Å²) < 4.78 is 19.5. The van der Waals surface area contributed by atoms with Crippen LogP contribution < -0.4 is 10.1 Å². The summed E-state index contributed by atoms with van der Waals surface area (Å²) in [7, 11) is 0. The fourth-order valence-corrected chi connectivity index (χ4v) is 3.03. The van der Waals surface area contributed by atoms with E-state index >= 15 is 0 Å². The molecule has 7 heteroatoms. The van der Waals surface area contributed by atoms with Crippen molar-refractivity contribution < 1.29 is 23.5 Å². The number of Topliss-reactive ketones (excluding diaryl/α,β-unsaturated/α-hetero) is 1. The minimum Gasteiger partial charge on any atom is -0.494 e. The lowest BCUT2D eigenvalue weighted by molar-refractivity contribution is -0.130. The third kappa shape index (κ3) is 3.40. The van der Waals surface area contributed by atoms with Gasteiger partial charge >= 0.3 is 6.03 Å². The Morgan fingerprint density at radius 3 is 2.44 bits per heavy atom. The predicted molar refractivity (Wildman–Crippen MR) is 95.9 cm³/mol. The monoisotopic (exact) mass is 370 g/mol. The summed E-state index contributed by atoms with van der Waals surface area (Å²) >= 11 is 0. The van der Waals surface area contributed by atoms with Gasteiger partial charge in [0.1, 0.15) is 17.1 Å². The van der Waals surface area contributed by atoms with E-state index in [1.165, 1.54) is 25.1 Å². The Labute approximate surface area is 155 Å². The van der Waals surface area contributed by atoms with Crippen molar-refractivity contribution in [1.82, 2.24) is 10.2 Å². The zero-order valence-electron chi connectivity index (χ0n) is 15.0. The van der Waals surface area contributed by atoms with Gasteiger partial charge in [-0.05, 0) is 44.2 Å². The second-order valence-corrected chi connectivity index (χ2v) is 6.31. The first-order valence-electron chi connectivity index (χ1n) is 8.52. The number of ether oxygens (including phenoxy) is 1. The number of carbonyl (C=O) groups excluding carboxylic acids is 3. The third-order valence-electron chi connectivity index (χ3n) is 4.48. The van der Waals surface area contributed by atoms with Crippen LogP contribution in [-0.4, -0.2) is 35.8 Å². The van der Waals surface area contributed by atoms with Crippen molar-refractivity contribution >= 4 is 17.7 Å². The lowest BCUT2D eigenvalue weighted by atomic mass is 9.91. The van der Waals surface area contributed by atoms with Crippen molar-refractivity contribution in [3.05, 3.63) is 65.5 Å². The van der Waals surface area contributed by atoms with E-state index in [1.54, 1.807) is 30.3 Å². The molecule has 1 heterocycles. The van der Waals surface area contributed by atoms with Crippen LogP contribution in [0.5, 0.6) is 5.75 Å². The molecule has 3 amide bonds. The Balaban J connectivity index is 1.79. The number of halogens is 1. The number of amides is 3. The highest BCUT2D eigenvalue weighted by Gasteiger charge is 2.50. The predicted octanol–water partition coefficient (Wildman–Crippen LogP) is 2.87. The number of hydrogen-bond donors (Lipinski definition) is 1. The molecule has 3 rings (SSSR count). The van der Waals surface area contributed by atoms with Crippen LogP contribution in [0.15, 0.2) is 48.5 Å². The van der Waals surface area contributed by atoms with E-state index in [2.05, 4.69) is 5.32 Å². The van der Waals surface area contributed by atoms with Crippen LogP contribution in [-0.2, 0) is 10.3 Å². The van der Waals surface area contributed by atoms with E-state index in [-0.39, 0.29) is 5.56 Å². The largest absolute Gasteiger partial charge is 0.494 e. The molecule has 1 unspecified atom stereocenters. The third-order valence-corrected chi connectivity index (χ3v) is 4.48. The van der Waals surface area contributed by atoms with Gasteiger partial charge in [0.15, 0.2) is 5.78 Å². The molecule has 1 aliphatic rings. The van der Waals surface area contributed by atoms with Crippen LogP contribution in [0.25, 0.3) is 0 Å². The number of ketones is 1. The fraction of sp³-hybridized carbons (Fsp3) is 0.250. The van der Waals surface area contributed by atoms with E-state index < -0.39 is 35.6 Å². The molecule has 2 aromatic carbocycles. The highest BCUT2D eigenvalue weighted by atomic mass is 19.1. The molecule has 140 valence electrons. The van der Waals surface area contributed by atoms with Gasteiger partial charge in [0, 0.05) is 11.1 Å². The number of urea groups is 1. The van der Waals surface area contributed by atoms with E-state index in [4.69, 9.17) is 4.74 Å². The van der Waals surface area contributed by atoms with Crippen LogP contribution in [0.1, 0.15) is 29.8 Å². The van der Waals surface area contributed by atoms with Gasteiger partial charge in [0.2, 0.25) is 0 Å². The molecule has 1 fully saturated rings. The van der Waals surface area contributed by atoms with E-state index in [0.717, 1.165) is 4.90 Å². The normalized spacial score (nSPS) is 19.1. The number of nitrogens with one attached hydrogen (secondary N) is 1. The Hall–Kier alpha value is -3.22. The number of carbonyl (C=O) groups is 3. The van der Waals surface area contributed by atoms with Crippen LogP contribution in [0, 0.1) is 5.82 Å². The Bertz CT molecular complexity index is 897. The maximum atomic E-state index is 14.1. The summed E-state index contributed by atoms with van der Waals surface area (Å²) in [5.41, 5.74) is -1.15. The molecule has 1 aliphatic heterocycles. The number of rotatable bonds is 6. The minimum absolute atomic E-state index is 0.0550. The van der Waals surface area contributed by atoms with Crippen molar-refractivity contribution in [2.45, 2.75) is 19.4 Å². The molecule has 0 saturated carbocycles. The zero-order valence-corrected chi connectivity index (χ0v) is 15.0. The highest BCUT2D eigenvalue weighted by Crippen LogP contribution is 2.30. The summed E-state index contributed by atoms with van der Waals surface area (Å²) in [6.45, 7) is 3.35. The van der Waals surface area contributed by atoms with Crippen LogP contribution in [0.2, 0.25) is 0 Å². The van der Waals surface area contributed by atoms with E-state index in [1.807, 2.05) is 6.92 Å². The number of imide groups is 1. The summed E-state index contributed by atoms with van der Waals surface area (Å²) in [6.07, 6.45) is 0. The van der Waals surface area contributed by atoms with Gasteiger partial charge < -0.3 is 10.1 Å². The zero-order chi connectivity index (χ0) is 19.6. The minimum atomic E-state index is -1.55. The molecular formula is C20H19FN2O4. The molecule has 0 spiro atoms. The smallest absolute Gasteiger partial charge is 0.325 e. The Morgan fingerprint density at radius 1 is 1.15 bits per heavy atom. The first-order chi connectivity index (χ1) is 12.9. The van der Waals surface area contributed by atoms with E-state index in [9.17, 15) is 18.8 Å². The first kappa shape index (κ1) is 18.6. The topological polar surface area (TPSA) is 75.7 Å². The first-order valence-corrected chi connectivity index (χ1v) is 8.52. The average molecular weight is 370 g/mol. The molecule has 0 radical (unpaired) electrons.